The average molecular weight is 299 g/mol. The number of rotatable bonds is 4. The summed E-state index contributed by atoms with van der Waals surface area (Å²) >= 11 is 6.16. The fraction of sp³-hybridized carbons (Fsp3) is 0.625. The second kappa shape index (κ2) is 6.42. The van der Waals surface area contributed by atoms with Crippen LogP contribution < -0.4 is 5.73 Å². The molecule has 2 nitrogen and oxygen atoms in total. The zero-order valence-electron chi connectivity index (χ0n) is 12.3. The summed E-state index contributed by atoms with van der Waals surface area (Å²) < 4.78 is 14.0. The summed E-state index contributed by atoms with van der Waals surface area (Å²) in [5.41, 5.74) is 6.37. The lowest BCUT2D eigenvalue weighted by atomic mass is 9.87. The van der Waals surface area contributed by atoms with Crippen LogP contribution in [-0.2, 0) is 6.42 Å². The van der Waals surface area contributed by atoms with Crippen molar-refractivity contribution in [3.63, 3.8) is 0 Å². The number of benzene rings is 1. The number of hydrogen-bond donors (Lipinski definition) is 1. The Hall–Kier alpha value is -0.640. The Balaban J connectivity index is 2.22. The fourth-order valence-corrected chi connectivity index (χ4v) is 3.30. The van der Waals surface area contributed by atoms with Crippen molar-refractivity contribution in [2.45, 2.75) is 38.6 Å². The summed E-state index contributed by atoms with van der Waals surface area (Å²) in [6.07, 6.45) is 3.00. The highest BCUT2D eigenvalue weighted by atomic mass is 35.5. The summed E-state index contributed by atoms with van der Waals surface area (Å²) in [6.45, 7) is 6.95. The van der Waals surface area contributed by atoms with Gasteiger partial charge in [0.1, 0.15) is 5.82 Å². The van der Waals surface area contributed by atoms with Crippen molar-refractivity contribution in [1.29, 1.82) is 0 Å². The maximum absolute atomic E-state index is 14.0. The van der Waals surface area contributed by atoms with E-state index in [-0.39, 0.29) is 11.4 Å². The fourth-order valence-electron chi connectivity index (χ4n) is 3.07. The number of halogens is 2. The molecule has 2 N–H and O–H groups in total. The molecule has 4 heteroatoms. The molecule has 0 aliphatic carbocycles. The maximum atomic E-state index is 14.0. The first-order chi connectivity index (χ1) is 9.46. The lowest BCUT2D eigenvalue weighted by Gasteiger charge is -2.45. The molecule has 1 aromatic carbocycles. The van der Waals surface area contributed by atoms with Gasteiger partial charge in [0.25, 0.3) is 0 Å². The lowest BCUT2D eigenvalue weighted by molar-refractivity contribution is 0.0636. The van der Waals surface area contributed by atoms with Gasteiger partial charge < -0.3 is 5.73 Å². The predicted octanol–water partition coefficient (Wildman–Crippen LogP) is 3.47. The molecule has 1 aliphatic rings. The Morgan fingerprint density at radius 2 is 2.25 bits per heavy atom. The second-order valence-electron chi connectivity index (χ2n) is 6.27. The Labute approximate surface area is 126 Å². The molecule has 112 valence electrons. The van der Waals surface area contributed by atoms with E-state index in [0.29, 0.717) is 29.5 Å². The predicted molar refractivity (Wildman–Crippen MR) is 82.5 cm³/mol. The van der Waals surface area contributed by atoms with Crippen LogP contribution in [0.5, 0.6) is 0 Å². The number of piperidine rings is 1. The normalized spacial score (nSPS) is 23.6. The molecule has 0 saturated carbocycles. The number of likely N-dealkylation sites (tertiary alicyclic amines) is 1. The van der Waals surface area contributed by atoms with E-state index in [9.17, 15) is 4.39 Å². The van der Waals surface area contributed by atoms with Crippen LogP contribution in [-0.4, -0.2) is 30.1 Å². The Bertz CT molecular complexity index is 446. The van der Waals surface area contributed by atoms with Gasteiger partial charge in [-0.15, -0.1) is 0 Å². The van der Waals surface area contributed by atoms with E-state index in [1.807, 2.05) is 0 Å². The molecule has 2 atom stereocenters. The number of hydrogen-bond acceptors (Lipinski definition) is 2. The van der Waals surface area contributed by atoms with Gasteiger partial charge in [-0.3, -0.25) is 4.90 Å². The Morgan fingerprint density at radius 1 is 1.50 bits per heavy atom. The van der Waals surface area contributed by atoms with Gasteiger partial charge in [-0.05, 0) is 50.8 Å². The summed E-state index contributed by atoms with van der Waals surface area (Å²) in [4.78, 5) is 2.41. The molecular weight excluding hydrogens is 275 g/mol. The molecule has 20 heavy (non-hydrogen) atoms. The molecule has 0 radical (unpaired) electrons. The average Bonchev–Trinajstić information content (AvgIpc) is 2.43. The van der Waals surface area contributed by atoms with E-state index in [4.69, 9.17) is 17.3 Å². The second-order valence-corrected chi connectivity index (χ2v) is 6.68. The minimum Gasteiger partial charge on any atom is -0.329 e. The van der Waals surface area contributed by atoms with Gasteiger partial charge >= 0.3 is 0 Å². The summed E-state index contributed by atoms with van der Waals surface area (Å²) in [5, 5.41) is 0.495. The van der Waals surface area contributed by atoms with Crippen molar-refractivity contribution in [1.82, 2.24) is 4.90 Å². The van der Waals surface area contributed by atoms with E-state index in [1.165, 1.54) is 18.9 Å². The van der Waals surface area contributed by atoms with Crippen LogP contribution in [0.25, 0.3) is 0 Å². The highest BCUT2D eigenvalue weighted by Crippen LogP contribution is 2.30. The first-order valence-electron chi connectivity index (χ1n) is 7.34. The Kier molecular flexibility index (Phi) is 5.05. The van der Waals surface area contributed by atoms with Crippen LogP contribution in [0.2, 0.25) is 5.02 Å². The zero-order valence-corrected chi connectivity index (χ0v) is 13.1. The third-order valence-electron chi connectivity index (χ3n) is 4.48. The van der Waals surface area contributed by atoms with Crippen LogP contribution in [0, 0.1) is 11.7 Å². The standard InChI is InChI=1S/C16H24ClFN2/c1-12-5-4-8-20(10-12)16(2,11-19)9-13-14(17)6-3-7-15(13)18/h3,6-7,12H,4-5,8-11,19H2,1-2H3. The number of nitrogens with two attached hydrogens (primary N) is 1. The monoisotopic (exact) mass is 298 g/mol. The van der Waals surface area contributed by atoms with Crippen molar-refractivity contribution in [3.8, 4) is 0 Å². The van der Waals surface area contributed by atoms with Gasteiger partial charge in [0, 0.05) is 29.2 Å². The molecule has 1 heterocycles. The summed E-state index contributed by atoms with van der Waals surface area (Å²) in [6, 6.07) is 4.86. The first kappa shape index (κ1) is 15.7. The topological polar surface area (TPSA) is 29.3 Å². The van der Waals surface area contributed by atoms with Gasteiger partial charge in [0.15, 0.2) is 0 Å². The first-order valence-corrected chi connectivity index (χ1v) is 7.72. The molecule has 0 spiro atoms. The van der Waals surface area contributed by atoms with Crippen molar-refractivity contribution in [3.05, 3.63) is 34.6 Å². The smallest absolute Gasteiger partial charge is 0.127 e. The summed E-state index contributed by atoms with van der Waals surface area (Å²) in [7, 11) is 0. The van der Waals surface area contributed by atoms with E-state index >= 15 is 0 Å². The molecule has 2 rings (SSSR count). The molecular formula is C16H24ClFN2. The van der Waals surface area contributed by atoms with Gasteiger partial charge in [0.05, 0.1) is 0 Å². The van der Waals surface area contributed by atoms with Gasteiger partial charge in [-0.25, -0.2) is 4.39 Å². The van der Waals surface area contributed by atoms with Crippen molar-refractivity contribution in [2.24, 2.45) is 11.7 Å². The largest absolute Gasteiger partial charge is 0.329 e. The molecule has 0 aromatic heterocycles. The highest BCUT2D eigenvalue weighted by molar-refractivity contribution is 6.31. The van der Waals surface area contributed by atoms with Crippen LogP contribution >= 0.6 is 11.6 Å². The van der Waals surface area contributed by atoms with Crippen LogP contribution in [0.1, 0.15) is 32.3 Å². The number of nitrogens with zero attached hydrogens (tertiary/aromatic N) is 1. The van der Waals surface area contributed by atoms with Crippen LogP contribution in [0.3, 0.4) is 0 Å². The molecule has 1 fully saturated rings. The third-order valence-corrected chi connectivity index (χ3v) is 4.83. The SMILES string of the molecule is CC1CCCN(C(C)(CN)Cc2c(F)cccc2Cl)C1. The molecule has 0 bridgehead atoms. The van der Waals surface area contributed by atoms with Gasteiger partial charge in [-0.2, -0.15) is 0 Å². The van der Waals surface area contributed by atoms with Crippen LogP contribution in [0.15, 0.2) is 18.2 Å². The van der Waals surface area contributed by atoms with Crippen molar-refractivity contribution >= 4 is 11.6 Å². The van der Waals surface area contributed by atoms with E-state index in [2.05, 4.69) is 18.7 Å². The van der Waals surface area contributed by atoms with E-state index in [1.54, 1.807) is 12.1 Å². The van der Waals surface area contributed by atoms with Gasteiger partial charge in [-0.1, -0.05) is 24.6 Å². The zero-order chi connectivity index (χ0) is 14.8. The van der Waals surface area contributed by atoms with Gasteiger partial charge in [0.2, 0.25) is 0 Å². The highest BCUT2D eigenvalue weighted by Gasteiger charge is 2.34. The van der Waals surface area contributed by atoms with E-state index in [0.717, 1.165) is 13.1 Å². The lowest BCUT2D eigenvalue weighted by Crippen LogP contribution is -2.56. The maximum Gasteiger partial charge on any atom is 0.127 e. The molecule has 1 saturated heterocycles. The van der Waals surface area contributed by atoms with Crippen molar-refractivity contribution in [2.75, 3.05) is 19.6 Å². The van der Waals surface area contributed by atoms with Crippen LogP contribution in [0.4, 0.5) is 4.39 Å². The minimum atomic E-state index is -0.236. The minimum absolute atomic E-state index is 0.234. The molecule has 2 unspecified atom stereocenters. The molecule has 1 aliphatic heterocycles. The summed E-state index contributed by atoms with van der Waals surface area (Å²) in [5.74, 6) is 0.438. The van der Waals surface area contributed by atoms with E-state index < -0.39 is 0 Å². The Morgan fingerprint density at radius 3 is 2.85 bits per heavy atom. The molecule has 1 aromatic rings. The molecule has 0 amide bonds. The van der Waals surface area contributed by atoms with Crippen molar-refractivity contribution < 1.29 is 4.39 Å². The third kappa shape index (κ3) is 3.33. The quantitative estimate of drug-likeness (QED) is 0.922.